The Balaban J connectivity index is 1.98. The molecule has 0 aliphatic carbocycles. The Hall–Kier alpha value is -0.870. The van der Waals surface area contributed by atoms with E-state index in [1.165, 1.54) is 0 Å². The number of ether oxygens (including phenoxy) is 1. The summed E-state index contributed by atoms with van der Waals surface area (Å²) in [6.07, 6.45) is 2.79. The van der Waals surface area contributed by atoms with Gasteiger partial charge in [0.25, 0.3) is 0 Å². The van der Waals surface area contributed by atoms with Crippen molar-refractivity contribution in [1.82, 2.24) is 5.32 Å². The van der Waals surface area contributed by atoms with Crippen LogP contribution in [0.2, 0.25) is 0 Å². The summed E-state index contributed by atoms with van der Waals surface area (Å²) >= 11 is 3.47. The summed E-state index contributed by atoms with van der Waals surface area (Å²) in [5.41, 5.74) is 0.672. The second-order valence-electron chi connectivity index (χ2n) is 5.08. The molecule has 2 rings (SSSR count). The highest BCUT2D eigenvalue weighted by atomic mass is 79.9. The fraction of sp³-hybridized carbons (Fsp3) is 0.533. The lowest BCUT2D eigenvalue weighted by Gasteiger charge is -2.34. The number of carbonyl (C=O) groups is 1. The van der Waals surface area contributed by atoms with E-state index in [4.69, 9.17) is 4.74 Å². The molecule has 19 heavy (non-hydrogen) atoms. The zero-order valence-electron chi connectivity index (χ0n) is 11.2. The van der Waals surface area contributed by atoms with E-state index in [2.05, 4.69) is 28.2 Å². The van der Waals surface area contributed by atoms with Gasteiger partial charge in [-0.1, -0.05) is 41.1 Å². The van der Waals surface area contributed by atoms with Gasteiger partial charge in [0.2, 0.25) is 0 Å². The Morgan fingerprint density at radius 3 is 2.89 bits per heavy atom. The Morgan fingerprint density at radius 2 is 2.26 bits per heavy atom. The molecule has 1 saturated heterocycles. The standard InChI is InChI=1S/C15H20BrNO2/c1-2-15(8-5-9-17-11-15)14(18)19-10-12-6-3-4-7-13(12)16/h3-4,6-7,17H,2,5,8-11H2,1H3. The van der Waals surface area contributed by atoms with Gasteiger partial charge in [-0.25, -0.2) is 0 Å². The van der Waals surface area contributed by atoms with Crippen LogP contribution in [0.5, 0.6) is 0 Å². The van der Waals surface area contributed by atoms with Gasteiger partial charge in [0.15, 0.2) is 0 Å². The van der Waals surface area contributed by atoms with Gasteiger partial charge >= 0.3 is 5.97 Å². The Labute approximate surface area is 122 Å². The molecule has 0 bridgehead atoms. The summed E-state index contributed by atoms with van der Waals surface area (Å²) in [5.74, 6) is -0.0713. The summed E-state index contributed by atoms with van der Waals surface area (Å²) in [6, 6.07) is 7.83. The van der Waals surface area contributed by atoms with Crippen molar-refractivity contribution in [3.05, 3.63) is 34.3 Å². The first-order chi connectivity index (χ1) is 9.18. The van der Waals surface area contributed by atoms with Crippen LogP contribution < -0.4 is 5.32 Å². The molecule has 104 valence electrons. The molecule has 1 aromatic carbocycles. The Morgan fingerprint density at radius 1 is 1.47 bits per heavy atom. The molecule has 1 N–H and O–H groups in total. The van der Waals surface area contributed by atoms with E-state index >= 15 is 0 Å². The van der Waals surface area contributed by atoms with Crippen LogP contribution >= 0.6 is 15.9 Å². The molecular weight excluding hydrogens is 306 g/mol. The van der Waals surface area contributed by atoms with Gasteiger partial charge in [0.1, 0.15) is 6.61 Å². The number of halogens is 1. The lowest BCUT2D eigenvalue weighted by atomic mass is 9.78. The van der Waals surface area contributed by atoms with Crippen LogP contribution in [0.3, 0.4) is 0 Å². The first-order valence-electron chi connectivity index (χ1n) is 6.79. The number of hydrogen-bond acceptors (Lipinski definition) is 3. The topological polar surface area (TPSA) is 38.3 Å². The predicted molar refractivity (Wildman–Crippen MR) is 78.8 cm³/mol. The summed E-state index contributed by atoms with van der Waals surface area (Å²) in [4.78, 5) is 12.4. The molecule has 1 atom stereocenters. The summed E-state index contributed by atoms with van der Waals surface area (Å²) in [7, 11) is 0. The molecule has 1 aromatic rings. The molecule has 0 amide bonds. The summed E-state index contributed by atoms with van der Waals surface area (Å²) in [6.45, 7) is 4.13. The number of benzene rings is 1. The van der Waals surface area contributed by atoms with Gasteiger partial charge in [-0.15, -0.1) is 0 Å². The quantitative estimate of drug-likeness (QED) is 0.863. The second kappa shape index (κ2) is 6.53. The van der Waals surface area contributed by atoms with Crippen molar-refractivity contribution in [2.24, 2.45) is 5.41 Å². The minimum Gasteiger partial charge on any atom is -0.460 e. The number of hydrogen-bond donors (Lipinski definition) is 1. The summed E-state index contributed by atoms with van der Waals surface area (Å²) in [5, 5.41) is 3.31. The molecule has 3 nitrogen and oxygen atoms in total. The van der Waals surface area contributed by atoms with Crippen molar-refractivity contribution in [2.75, 3.05) is 13.1 Å². The van der Waals surface area contributed by atoms with Crippen molar-refractivity contribution < 1.29 is 9.53 Å². The van der Waals surface area contributed by atoms with Crippen molar-refractivity contribution in [3.8, 4) is 0 Å². The monoisotopic (exact) mass is 325 g/mol. The molecular formula is C15H20BrNO2. The van der Waals surface area contributed by atoms with Crippen molar-refractivity contribution in [2.45, 2.75) is 32.8 Å². The number of piperidine rings is 1. The average Bonchev–Trinajstić information content (AvgIpc) is 2.46. The van der Waals surface area contributed by atoms with Gasteiger partial charge in [0, 0.05) is 16.6 Å². The van der Waals surface area contributed by atoms with Gasteiger partial charge in [-0.05, 0) is 31.9 Å². The van der Waals surface area contributed by atoms with E-state index in [0.29, 0.717) is 6.61 Å². The molecule has 1 fully saturated rings. The van der Waals surface area contributed by atoms with Crippen LogP contribution in [0.1, 0.15) is 31.7 Å². The predicted octanol–water partition coefficient (Wildman–Crippen LogP) is 3.27. The average molecular weight is 326 g/mol. The molecule has 1 heterocycles. The van der Waals surface area contributed by atoms with Gasteiger partial charge < -0.3 is 10.1 Å². The molecule has 1 aliphatic rings. The third-order valence-electron chi connectivity index (χ3n) is 3.90. The van der Waals surface area contributed by atoms with Gasteiger partial charge in [0.05, 0.1) is 5.41 Å². The number of esters is 1. The molecule has 0 aromatic heterocycles. The van der Waals surface area contributed by atoms with Crippen molar-refractivity contribution >= 4 is 21.9 Å². The second-order valence-corrected chi connectivity index (χ2v) is 5.94. The first kappa shape index (κ1) is 14.5. The number of nitrogens with one attached hydrogen (secondary N) is 1. The lowest BCUT2D eigenvalue weighted by molar-refractivity contribution is -0.158. The lowest BCUT2D eigenvalue weighted by Crippen LogP contribution is -2.45. The molecule has 4 heteroatoms. The van der Waals surface area contributed by atoms with Crippen molar-refractivity contribution in [1.29, 1.82) is 0 Å². The van der Waals surface area contributed by atoms with E-state index in [1.54, 1.807) is 0 Å². The molecule has 1 unspecified atom stereocenters. The smallest absolute Gasteiger partial charge is 0.313 e. The third kappa shape index (κ3) is 3.37. The van der Waals surface area contributed by atoms with Crippen LogP contribution in [-0.4, -0.2) is 19.1 Å². The van der Waals surface area contributed by atoms with E-state index < -0.39 is 0 Å². The zero-order valence-corrected chi connectivity index (χ0v) is 12.8. The molecule has 0 spiro atoms. The Bertz CT molecular complexity index is 442. The van der Waals surface area contributed by atoms with Gasteiger partial charge in [-0.3, -0.25) is 4.79 Å². The van der Waals surface area contributed by atoms with E-state index in [9.17, 15) is 4.79 Å². The maximum absolute atomic E-state index is 12.4. The highest BCUT2D eigenvalue weighted by Crippen LogP contribution is 2.32. The fourth-order valence-electron chi connectivity index (χ4n) is 2.50. The minimum atomic E-state index is -0.334. The van der Waals surface area contributed by atoms with Crippen LogP contribution in [0, 0.1) is 5.41 Å². The maximum Gasteiger partial charge on any atom is 0.313 e. The highest BCUT2D eigenvalue weighted by Gasteiger charge is 2.39. The Kier molecular flexibility index (Phi) is 4.99. The fourth-order valence-corrected chi connectivity index (χ4v) is 2.90. The van der Waals surface area contributed by atoms with Gasteiger partial charge in [-0.2, -0.15) is 0 Å². The van der Waals surface area contributed by atoms with Crippen LogP contribution in [-0.2, 0) is 16.1 Å². The number of carbonyl (C=O) groups excluding carboxylic acids is 1. The van der Waals surface area contributed by atoms with E-state index in [-0.39, 0.29) is 11.4 Å². The molecule has 0 radical (unpaired) electrons. The molecule has 1 aliphatic heterocycles. The first-order valence-corrected chi connectivity index (χ1v) is 7.58. The minimum absolute atomic E-state index is 0.0713. The van der Waals surface area contributed by atoms with E-state index in [0.717, 1.165) is 42.4 Å². The maximum atomic E-state index is 12.4. The van der Waals surface area contributed by atoms with E-state index in [1.807, 2.05) is 24.3 Å². The SMILES string of the molecule is CCC1(C(=O)OCc2ccccc2Br)CCCNC1. The number of rotatable bonds is 4. The van der Waals surface area contributed by atoms with Crippen molar-refractivity contribution in [3.63, 3.8) is 0 Å². The third-order valence-corrected chi connectivity index (χ3v) is 4.67. The molecule has 0 saturated carbocycles. The van der Waals surface area contributed by atoms with Crippen LogP contribution in [0.4, 0.5) is 0 Å². The zero-order chi connectivity index (χ0) is 13.7. The normalized spacial score (nSPS) is 23.1. The van der Waals surface area contributed by atoms with Crippen LogP contribution in [0.25, 0.3) is 0 Å². The van der Waals surface area contributed by atoms with Crippen LogP contribution in [0.15, 0.2) is 28.7 Å². The largest absolute Gasteiger partial charge is 0.460 e. The summed E-state index contributed by atoms with van der Waals surface area (Å²) < 4.78 is 6.52. The highest BCUT2D eigenvalue weighted by molar-refractivity contribution is 9.10.